The third-order valence-corrected chi connectivity index (χ3v) is 3.26. The van der Waals surface area contributed by atoms with Crippen LogP contribution in [0.4, 0.5) is 4.39 Å². The lowest BCUT2D eigenvalue weighted by molar-refractivity contribution is -0.122. The molecular weight excluding hydrogens is 257 g/mol. The smallest absolute Gasteiger partial charge is 0.223 e. The second kappa shape index (κ2) is 5.36. The van der Waals surface area contributed by atoms with Crippen molar-refractivity contribution in [1.29, 1.82) is 0 Å². The maximum absolute atomic E-state index is 12.9. The molecule has 2 aromatic rings. The van der Waals surface area contributed by atoms with Crippen molar-refractivity contribution in [3.05, 3.63) is 48.2 Å². The number of nitrogens with zero attached hydrogens (tertiary/aromatic N) is 2. The van der Waals surface area contributed by atoms with Crippen molar-refractivity contribution < 1.29 is 9.18 Å². The van der Waals surface area contributed by atoms with Crippen LogP contribution in [0.3, 0.4) is 0 Å². The molecule has 0 atom stereocenters. The molecule has 1 N–H and O–H groups in total. The van der Waals surface area contributed by atoms with Gasteiger partial charge in [-0.2, -0.15) is 0 Å². The van der Waals surface area contributed by atoms with Crippen LogP contribution in [-0.4, -0.2) is 15.9 Å². The van der Waals surface area contributed by atoms with Crippen LogP contribution in [-0.2, 0) is 11.3 Å². The molecule has 0 unspecified atom stereocenters. The van der Waals surface area contributed by atoms with Gasteiger partial charge in [0.15, 0.2) is 0 Å². The van der Waals surface area contributed by atoms with Crippen molar-refractivity contribution in [3.63, 3.8) is 0 Å². The zero-order chi connectivity index (χ0) is 13.9. The molecular formula is C15H14FN3O. The topological polar surface area (TPSA) is 54.9 Å². The van der Waals surface area contributed by atoms with E-state index in [0.717, 1.165) is 29.8 Å². The molecule has 0 bridgehead atoms. The van der Waals surface area contributed by atoms with E-state index in [4.69, 9.17) is 0 Å². The summed E-state index contributed by atoms with van der Waals surface area (Å²) in [7, 11) is 0. The minimum absolute atomic E-state index is 0.0898. The molecule has 1 aromatic carbocycles. The van der Waals surface area contributed by atoms with Crippen LogP contribution < -0.4 is 5.32 Å². The number of benzene rings is 1. The summed E-state index contributed by atoms with van der Waals surface area (Å²) in [5.74, 6) is 0.0000713. The summed E-state index contributed by atoms with van der Waals surface area (Å²) in [4.78, 5) is 19.9. The first kappa shape index (κ1) is 12.7. The summed E-state index contributed by atoms with van der Waals surface area (Å²) < 4.78 is 12.9. The molecule has 1 aliphatic carbocycles. The third kappa shape index (κ3) is 2.99. The molecule has 0 radical (unpaired) electrons. The van der Waals surface area contributed by atoms with Gasteiger partial charge < -0.3 is 5.32 Å². The van der Waals surface area contributed by atoms with E-state index < -0.39 is 0 Å². The van der Waals surface area contributed by atoms with E-state index in [-0.39, 0.29) is 17.6 Å². The molecule has 5 heteroatoms. The van der Waals surface area contributed by atoms with Crippen LogP contribution in [0.5, 0.6) is 0 Å². The first-order chi connectivity index (χ1) is 9.72. The van der Waals surface area contributed by atoms with Crippen molar-refractivity contribution >= 4 is 5.91 Å². The standard InChI is InChI=1S/C15H14FN3O/c16-12-5-3-10(4-6-12)14-7-13(18-9-19-14)8-17-15(20)11-1-2-11/h3-7,9,11H,1-2,8H2,(H,17,20). The van der Waals surface area contributed by atoms with Crippen molar-refractivity contribution in [2.45, 2.75) is 19.4 Å². The molecule has 102 valence electrons. The quantitative estimate of drug-likeness (QED) is 0.928. The SMILES string of the molecule is O=C(NCc1cc(-c2ccc(F)cc2)ncn1)C1CC1. The van der Waals surface area contributed by atoms with Gasteiger partial charge in [-0.05, 0) is 43.2 Å². The normalized spacial score (nSPS) is 14.1. The molecule has 20 heavy (non-hydrogen) atoms. The average molecular weight is 271 g/mol. The summed E-state index contributed by atoms with van der Waals surface area (Å²) in [6.45, 7) is 0.395. The van der Waals surface area contributed by atoms with E-state index in [0.29, 0.717) is 6.54 Å². The van der Waals surface area contributed by atoms with Gasteiger partial charge in [-0.15, -0.1) is 0 Å². The Hall–Kier alpha value is -2.30. The van der Waals surface area contributed by atoms with E-state index in [1.165, 1.54) is 18.5 Å². The van der Waals surface area contributed by atoms with Gasteiger partial charge in [0.2, 0.25) is 5.91 Å². The van der Waals surface area contributed by atoms with E-state index >= 15 is 0 Å². The average Bonchev–Trinajstić information content (AvgIpc) is 3.30. The van der Waals surface area contributed by atoms with E-state index in [9.17, 15) is 9.18 Å². The van der Waals surface area contributed by atoms with Crippen LogP contribution in [0.25, 0.3) is 11.3 Å². The van der Waals surface area contributed by atoms with Gasteiger partial charge in [-0.1, -0.05) is 0 Å². The number of aromatic nitrogens is 2. The molecule has 1 fully saturated rings. The highest BCUT2D eigenvalue weighted by molar-refractivity contribution is 5.80. The van der Waals surface area contributed by atoms with Crippen molar-refractivity contribution in [3.8, 4) is 11.3 Å². The molecule has 4 nitrogen and oxygen atoms in total. The molecule has 3 rings (SSSR count). The number of nitrogens with one attached hydrogen (secondary N) is 1. The Bertz CT molecular complexity index is 623. The first-order valence-corrected chi connectivity index (χ1v) is 6.57. The van der Waals surface area contributed by atoms with Gasteiger partial charge in [0, 0.05) is 11.5 Å². The highest BCUT2D eigenvalue weighted by Crippen LogP contribution is 2.28. The minimum atomic E-state index is -0.278. The van der Waals surface area contributed by atoms with Gasteiger partial charge in [0.25, 0.3) is 0 Å². The molecule has 1 aliphatic rings. The van der Waals surface area contributed by atoms with Gasteiger partial charge in [-0.3, -0.25) is 4.79 Å². The monoisotopic (exact) mass is 271 g/mol. The number of hydrogen-bond acceptors (Lipinski definition) is 3. The van der Waals surface area contributed by atoms with Crippen LogP contribution in [0.2, 0.25) is 0 Å². The van der Waals surface area contributed by atoms with Crippen LogP contribution in [0, 0.1) is 11.7 Å². The van der Waals surface area contributed by atoms with Crippen molar-refractivity contribution in [1.82, 2.24) is 15.3 Å². The zero-order valence-corrected chi connectivity index (χ0v) is 10.8. The Morgan fingerprint density at radius 3 is 2.70 bits per heavy atom. The Morgan fingerprint density at radius 2 is 2.00 bits per heavy atom. The number of carbonyl (C=O) groups excluding carboxylic acids is 1. The number of amides is 1. The molecule has 0 aliphatic heterocycles. The lowest BCUT2D eigenvalue weighted by Gasteiger charge is -2.05. The van der Waals surface area contributed by atoms with Crippen molar-refractivity contribution in [2.24, 2.45) is 5.92 Å². The van der Waals surface area contributed by atoms with Crippen molar-refractivity contribution in [2.75, 3.05) is 0 Å². The lowest BCUT2D eigenvalue weighted by Crippen LogP contribution is -2.24. The summed E-state index contributed by atoms with van der Waals surface area (Å²) in [5, 5.41) is 2.86. The fourth-order valence-corrected chi connectivity index (χ4v) is 1.94. The summed E-state index contributed by atoms with van der Waals surface area (Å²) in [6.07, 6.45) is 3.42. The Balaban J connectivity index is 1.71. The number of rotatable bonds is 4. The molecule has 0 saturated heterocycles. The Kier molecular flexibility index (Phi) is 3.41. The first-order valence-electron chi connectivity index (χ1n) is 6.57. The summed E-state index contributed by atoms with van der Waals surface area (Å²) in [6, 6.07) is 7.94. The molecule has 1 aromatic heterocycles. The zero-order valence-electron chi connectivity index (χ0n) is 10.8. The Morgan fingerprint density at radius 1 is 1.25 bits per heavy atom. The lowest BCUT2D eigenvalue weighted by atomic mass is 10.1. The van der Waals surface area contributed by atoms with E-state index in [1.807, 2.05) is 0 Å². The van der Waals surface area contributed by atoms with Gasteiger partial charge >= 0.3 is 0 Å². The van der Waals surface area contributed by atoms with Gasteiger partial charge in [0.05, 0.1) is 17.9 Å². The fraction of sp³-hybridized carbons (Fsp3) is 0.267. The highest BCUT2D eigenvalue weighted by Gasteiger charge is 2.29. The minimum Gasteiger partial charge on any atom is -0.350 e. The highest BCUT2D eigenvalue weighted by atomic mass is 19.1. The predicted molar refractivity (Wildman–Crippen MR) is 72.0 cm³/mol. The summed E-state index contributed by atoms with van der Waals surface area (Å²) in [5.41, 5.74) is 2.28. The van der Waals surface area contributed by atoms with Crippen LogP contribution in [0.15, 0.2) is 36.7 Å². The molecule has 1 heterocycles. The fourth-order valence-electron chi connectivity index (χ4n) is 1.94. The second-order valence-electron chi connectivity index (χ2n) is 4.89. The maximum atomic E-state index is 12.9. The predicted octanol–water partition coefficient (Wildman–Crippen LogP) is 2.31. The van der Waals surface area contributed by atoms with Crippen LogP contribution >= 0.6 is 0 Å². The second-order valence-corrected chi connectivity index (χ2v) is 4.89. The number of halogens is 1. The van der Waals surface area contributed by atoms with E-state index in [2.05, 4.69) is 15.3 Å². The maximum Gasteiger partial charge on any atom is 0.223 e. The van der Waals surface area contributed by atoms with Crippen LogP contribution in [0.1, 0.15) is 18.5 Å². The molecule has 1 saturated carbocycles. The van der Waals surface area contributed by atoms with Gasteiger partial charge in [0.1, 0.15) is 12.1 Å². The van der Waals surface area contributed by atoms with E-state index in [1.54, 1.807) is 18.2 Å². The van der Waals surface area contributed by atoms with Gasteiger partial charge in [-0.25, -0.2) is 14.4 Å². The number of carbonyl (C=O) groups is 1. The number of hydrogen-bond donors (Lipinski definition) is 1. The summed E-state index contributed by atoms with van der Waals surface area (Å²) >= 11 is 0. The molecule has 0 spiro atoms. The Labute approximate surface area is 116 Å². The molecule has 1 amide bonds. The largest absolute Gasteiger partial charge is 0.350 e. The third-order valence-electron chi connectivity index (χ3n) is 3.26.